The number of hydrogen-bond donors (Lipinski definition) is 0. The Bertz CT molecular complexity index is 325. The molecule has 3 nitrogen and oxygen atoms in total. The molecule has 0 aliphatic carbocycles. The fourth-order valence-corrected chi connectivity index (χ4v) is 0.941. The van der Waals surface area contributed by atoms with Crippen LogP contribution in [-0.4, -0.2) is 18.0 Å². The molecule has 1 rings (SSSR count). The number of rotatable bonds is 3. The van der Waals surface area contributed by atoms with E-state index < -0.39 is 0 Å². The zero-order valence-electron chi connectivity index (χ0n) is 7.51. The molecule has 0 aromatic carbocycles. The first-order chi connectivity index (χ1) is 6.38. The second-order valence-electron chi connectivity index (χ2n) is 2.34. The van der Waals surface area contributed by atoms with Gasteiger partial charge in [0.05, 0.1) is 5.70 Å². The van der Waals surface area contributed by atoms with Crippen LogP contribution in [0.5, 0.6) is 0 Å². The molecule has 13 heavy (non-hydrogen) atoms. The molecule has 3 heteroatoms. The number of allylic oxidation sites excluding steroid dienone is 1. The summed E-state index contributed by atoms with van der Waals surface area (Å²) >= 11 is 0. The molecule has 0 radical (unpaired) electrons. The molecular formula is C10H11N3. The van der Waals surface area contributed by atoms with E-state index in [0.717, 1.165) is 11.3 Å². The summed E-state index contributed by atoms with van der Waals surface area (Å²) in [4.78, 5) is 11.6. The van der Waals surface area contributed by atoms with E-state index in [1.54, 1.807) is 12.4 Å². The predicted molar refractivity (Wildman–Crippen MR) is 55.9 cm³/mol. The quantitative estimate of drug-likeness (QED) is 0.510. The van der Waals surface area contributed by atoms with Crippen molar-refractivity contribution in [2.45, 2.75) is 6.92 Å². The maximum absolute atomic E-state index is 4.11. The number of hydrogen-bond acceptors (Lipinski definition) is 2. The molecule has 0 amide bonds. The molecule has 0 N–H and O–H groups in total. The Morgan fingerprint density at radius 2 is 2.15 bits per heavy atom. The van der Waals surface area contributed by atoms with Gasteiger partial charge in [-0.2, -0.15) is 0 Å². The van der Waals surface area contributed by atoms with E-state index in [1.165, 1.54) is 6.34 Å². The van der Waals surface area contributed by atoms with Gasteiger partial charge in [0.25, 0.3) is 0 Å². The van der Waals surface area contributed by atoms with Gasteiger partial charge in [-0.25, -0.2) is 4.99 Å². The van der Waals surface area contributed by atoms with Crippen LogP contribution in [0.3, 0.4) is 0 Å². The van der Waals surface area contributed by atoms with Gasteiger partial charge in [-0.3, -0.25) is 9.98 Å². The average Bonchev–Trinajstić information content (AvgIpc) is 2.21. The fraction of sp³-hybridized carbons (Fsp3) is 0.100. The summed E-state index contributed by atoms with van der Waals surface area (Å²) in [6.45, 7) is 5.25. The minimum Gasteiger partial charge on any atom is -0.265 e. The third kappa shape index (κ3) is 2.63. The highest BCUT2D eigenvalue weighted by Crippen LogP contribution is 2.13. The van der Waals surface area contributed by atoms with Gasteiger partial charge in [0, 0.05) is 18.0 Å². The van der Waals surface area contributed by atoms with E-state index in [-0.39, 0.29) is 0 Å². The Hall–Kier alpha value is -1.77. The van der Waals surface area contributed by atoms with Gasteiger partial charge in [0.2, 0.25) is 0 Å². The lowest BCUT2D eigenvalue weighted by Crippen LogP contribution is -1.81. The van der Waals surface area contributed by atoms with Crippen molar-refractivity contribution in [1.29, 1.82) is 0 Å². The van der Waals surface area contributed by atoms with Crippen LogP contribution >= 0.6 is 0 Å². The minimum atomic E-state index is 0.870. The molecule has 0 aliphatic rings. The van der Waals surface area contributed by atoms with E-state index in [2.05, 4.69) is 21.7 Å². The molecule has 66 valence electrons. The standard InChI is InChI=1S/C10H11N3/c1-3-10(13-8-11-2)9-4-6-12-7-5-9/h3-8H,2H2,1H3/b10-3-,13-8?. The highest BCUT2D eigenvalue weighted by atomic mass is 14.8. The summed E-state index contributed by atoms with van der Waals surface area (Å²) in [7, 11) is 0. The van der Waals surface area contributed by atoms with Crippen molar-refractivity contribution in [2.75, 3.05) is 0 Å². The Morgan fingerprint density at radius 3 is 2.69 bits per heavy atom. The zero-order valence-corrected chi connectivity index (χ0v) is 7.51. The van der Waals surface area contributed by atoms with E-state index in [9.17, 15) is 0 Å². The largest absolute Gasteiger partial charge is 0.265 e. The van der Waals surface area contributed by atoms with Gasteiger partial charge in [0.15, 0.2) is 0 Å². The smallest absolute Gasteiger partial charge is 0.115 e. The van der Waals surface area contributed by atoms with E-state index in [1.807, 2.05) is 25.1 Å². The second kappa shape index (κ2) is 4.98. The summed E-state index contributed by atoms with van der Waals surface area (Å²) in [5.74, 6) is 0. The van der Waals surface area contributed by atoms with Crippen LogP contribution in [0, 0.1) is 0 Å². The van der Waals surface area contributed by atoms with Crippen molar-refractivity contribution in [3.05, 3.63) is 36.2 Å². The molecule has 1 aromatic heterocycles. The molecule has 0 fully saturated rings. The van der Waals surface area contributed by atoms with Crippen LogP contribution in [0.4, 0.5) is 0 Å². The van der Waals surface area contributed by atoms with Gasteiger partial charge in [-0.05, 0) is 25.8 Å². The molecule has 0 unspecified atom stereocenters. The van der Waals surface area contributed by atoms with Crippen LogP contribution in [0.15, 0.2) is 40.6 Å². The van der Waals surface area contributed by atoms with Gasteiger partial charge in [-0.1, -0.05) is 6.08 Å². The van der Waals surface area contributed by atoms with E-state index >= 15 is 0 Å². The molecule has 1 aromatic rings. The van der Waals surface area contributed by atoms with Crippen molar-refractivity contribution in [3.63, 3.8) is 0 Å². The number of aliphatic imine (C=N–C) groups is 2. The Balaban J connectivity index is 2.92. The summed E-state index contributed by atoms with van der Waals surface area (Å²) in [5.41, 5.74) is 1.90. The van der Waals surface area contributed by atoms with Gasteiger partial charge >= 0.3 is 0 Å². The lowest BCUT2D eigenvalue weighted by Gasteiger charge is -1.98. The van der Waals surface area contributed by atoms with Crippen molar-refractivity contribution in [1.82, 2.24) is 4.98 Å². The maximum Gasteiger partial charge on any atom is 0.115 e. The van der Waals surface area contributed by atoms with Gasteiger partial charge < -0.3 is 0 Å². The predicted octanol–water partition coefficient (Wildman–Crippen LogP) is 2.17. The molecular weight excluding hydrogens is 162 g/mol. The highest BCUT2D eigenvalue weighted by Gasteiger charge is 1.94. The normalized spacial score (nSPS) is 11.9. The lowest BCUT2D eigenvalue weighted by atomic mass is 10.2. The summed E-state index contributed by atoms with van der Waals surface area (Å²) in [5, 5.41) is 0. The van der Waals surface area contributed by atoms with Gasteiger partial charge in [-0.15, -0.1) is 0 Å². The Morgan fingerprint density at radius 1 is 1.46 bits per heavy atom. The molecule has 0 saturated carbocycles. The van der Waals surface area contributed by atoms with Gasteiger partial charge in [0.1, 0.15) is 6.34 Å². The molecule has 0 atom stereocenters. The van der Waals surface area contributed by atoms with Crippen molar-refractivity contribution >= 4 is 18.8 Å². The lowest BCUT2D eigenvalue weighted by molar-refractivity contribution is 1.31. The summed E-state index contributed by atoms with van der Waals surface area (Å²) in [6.07, 6.45) is 6.80. The molecule has 0 aliphatic heterocycles. The van der Waals surface area contributed by atoms with Crippen molar-refractivity contribution in [3.8, 4) is 0 Å². The number of nitrogens with zero attached hydrogens (tertiary/aromatic N) is 3. The average molecular weight is 173 g/mol. The van der Waals surface area contributed by atoms with Crippen LogP contribution in [0.25, 0.3) is 5.70 Å². The molecule has 0 spiro atoms. The van der Waals surface area contributed by atoms with Crippen LogP contribution in [0.2, 0.25) is 0 Å². The summed E-state index contributed by atoms with van der Waals surface area (Å²) < 4.78 is 0. The number of pyridine rings is 1. The summed E-state index contributed by atoms with van der Waals surface area (Å²) in [6, 6.07) is 3.80. The Kier molecular flexibility index (Phi) is 3.57. The SMILES string of the molecule is C=NC=N/C(=C\C)c1ccncc1. The van der Waals surface area contributed by atoms with Crippen LogP contribution in [-0.2, 0) is 0 Å². The van der Waals surface area contributed by atoms with Crippen molar-refractivity contribution < 1.29 is 0 Å². The topological polar surface area (TPSA) is 37.6 Å². The second-order valence-corrected chi connectivity index (χ2v) is 2.34. The van der Waals surface area contributed by atoms with E-state index in [4.69, 9.17) is 0 Å². The molecule has 1 heterocycles. The fourth-order valence-electron chi connectivity index (χ4n) is 0.941. The first-order valence-electron chi connectivity index (χ1n) is 3.93. The monoisotopic (exact) mass is 173 g/mol. The third-order valence-electron chi connectivity index (χ3n) is 1.53. The molecule has 0 bridgehead atoms. The van der Waals surface area contributed by atoms with Crippen molar-refractivity contribution in [2.24, 2.45) is 9.98 Å². The van der Waals surface area contributed by atoms with E-state index in [0.29, 0.717) is 0 Å². The maximum atomic E-state index is 4.11. The third-order valence-corrected chi connectivity index (χ3v) is 1.53. The number of aromatic nitrogens is 1. The zero-order chi connectivity index (χ0) is 9.52. The van der Waals surface area contributed by atoms with Crippen LogP contribution < -0.4 is 0 Å². The first kappa shape index (κ1) is 9.32. The molecule has 0 saturated heterocycles. The first-order valence-corrected chi connectivity index (χ1v) is 3.93. The minimum absolute atomic E-state index is 0.870. The Labute approximate surface area is 77.6 Å². The van der Waals surface area contributed by atoms with Crippen LogP contribution in [0.1, 0.15) is 12.5 Å². The highest BCUT2D eigenvalue weighted by molar-refractivity contribution is 5.74.